The summed E-state index contributed by atoms with van der Waals surface area (Å²) in [5, 5.41) is 9.54. The van der Waals surface area contributed by atoms with E-state index in [4.69, 9.17) is 9.47 Å². The molecule has 0 aliphatic carbocycles. The summed E-state index contributed by atoms with van der Waals surface area (Å²) in [6.07, 6.45) is -0.314. The highest BCUT2D eigenvalue weighted by molar-refractivity contribution is 5.69. The number of carbonyl (C=O) groups is 1. The van der Waals surface area contributed by atoms with Crippen LogP contribution in [0.3, 0.4) is 0 Å². The predicted molar refractivity (Wildman–Crippen MR) is 59.2 cm³/mol. The number of β-amino-alcohol motifs (C(OH)–C–C–N with tert-alkyl or cyclic N) is 1. The summed E-state index contributed by atoms with van der Waals surface area (Å²) in [6.45, 7) is 6.22. The first-order valence-corrected chi connectivity index (χ1v) is 5.50. The molecule has 16 heavy (non-hydrogen) atoms. The first-order chi connectivity index (χ1) is 7.33. The SMILES string of the molecule is COC[C@H]1C[C@H](O)CN1C(=O)OC(C)(C)C. The van der Waals surface area contributed by atoms with Gasteiger partial charge < -0.3 is 19.5 Å². The van der Waals surface area contributed by atoms with Crippen LogP contribution >= 0.6 is 0 Å². The van der Waals surface area contributed by atoms with Gasteiger partial charge in [-0.3, -0.25) is 0 Å². The van der Waals surface area contributed by atoms with Gasteiger partial charge in [-0.15, -0.1) is 0 Å². The Kier molecular flexibility index (Phi) is 4.15. The fourth-order valence-electron chi connectivity index (χ4n) is 1.79. The van der Waals surface area contributed by atoms with Gasteiger partial charge in [0.1, 0.15) is 5.60 Å². The van der Waals surface area contributed by atoms with Crippen LogP contribution in [0.4, 0.5) is 4.79 Å². The van der Waals surface area contributed by atoms with E-state index in [0.29, 0.717) is 19.6 Å². The third kappa shape index (κ3) is 3.64. The van der Waals surface area contributed by atoms with E-state index in [1.165, 1.54) is 0 Å². The number of nitrogens with zero attached hydrogens (tertiary/aromatic N) is 1. The molecule has 0 aromatic heterocycles. The Bertz CT molecular complexity index is 249. The maximum Gasteiger partial charge on any atom is 0.410 e. The van der Waals surface area contributed by atoms with Gasteiger partial charge in [0, 0.05) is 7.11 Å². The number of carbonyl (C=O) groups excluding carboxylic acids is 1. The zero-order valence-electron chi connectivity index (χ0n) is 10.4. The monoisotopic (exact) mass is 231 g/mol. The molecule has 1 rings (SSSR count). The third-order valence-electron chi connectivity index (χ3n) is 2.38. The molecule has 0 aromatic carbocycles. The summed E-state index contributed by atoms with van der Waals surface area (Å²) < 4.78 is 10.3. The van der Waals surface area contributed by atoms with Crippen LogP contribution < -0.4 is 0 Å². The summed E-state index contributed by atoms with van der Waals surface area (Å²) >= 11 is 0. The highest BCUT2D eigenvalue weighted by Crippen LogP contribution is 2.21. The van der Waals surface area contributed by atoms with Crippen molar-refractivity contribution < 1.29 is 19.4 Å². The molecule has 2 atom stereocenters. The standard InChI is InChI=1S/C11H21NO4/c1-11(2,3)16-10(14)12-6-9(13)5-8(12)7-15-4/h8-9,13H,5-7H2,1-4H3/t8-,9+/m1/s1. The van der Waals surface area contributed by atoms with Gasteiger partial charge in [-0.2, -0.15) is 0 Å². The van der Waals surface area contributed by atoms with Crippen LogP contribution in [0.2, 0.25) is 0 Å². The Morgan fingerprint density at radius 1 is 1.50 bits per heavy atom. The highest BCUT2D eigenvalue weighted by atomic mass is 16.6. The van der Waals surface area contributed by atoms with Crippen LogP contribution in [-0.4, -0.2) is 54.1 Å². The number of rotatable bonds is 2. The van der Waals surface area contributed by atoms with Crippen molar-refractivity contribution >= 4 is 6.09 Å². The first kappa shape index (κ1) is 13.3. The van der Waals surface area contributed by atoms with E-state index in [2.05, 4.69) is 0 Å². The molecule has 1 N–H and O–H groups in total. The Hall–Kier alpha value is -0.810. The van der Waals surface area contributed by atoms with Gasteiger partial charge in [0.15, 0.2) is 0 Å². The van der Waals surface area contributed by atoms with Gasteiger partial charge >= 0.3 is 6.09 Å². The lowest BCUT2D eigenvalue weighted by molar-refractivity contribution is 0.0137. The molecule has 1 aliphatic heterocycles. The molecule has 5 nitrogen and oxygen atoms in total. The molecular weight excluding hydrogens is 210 g/mol. The van der Waals surface area contributed by atoms with Crippen LogP contribution in [0.15, 0.2) is 0 Å². The number of aliphatic hydroxyl groups is 1. The van der Waals surface area contributed by atoms with E-state index >= 15 is 0 Å². The Balaban J connectivity index is 2.59. The zero-order chi connectivity index (χ0) is 12.3. The average Bonchev–Trinajstić information content (AvgIpc) is 2.44. The number of hydrogen-bond donors (Lipinski definition) is 1. The Labute approximate surface area is 96.3 Å². The molecule has 94 valence electrons. The van der Waals surface area contributed by atoms with Gasteiger partial charge in [0.2, 0.25) is 0 Å². The lowest BCUT2D eigenvalue weighted by Crippen LogP contribution is -2.41. The minimum absolute atomic E-state index is 0.0881. The summed E-state index contributed by atoms with van der Waals surface area (Å²) in [6, 6.07) is -0.0881. The van der Waals surface area contributed by atoms with Crippen molar-refractivity contribution in [3.8, 4) is 0 Å². The molecule has 1 aliphatic rings. The molecule has 1 amide bonds. The van der Waals surface area contributed by atoms with Gasteiger partial charge in [-0.1, -0.05) is 0 Å². The van der Waals surface area contributed by atoms with Crippen molar-refractivity contribution in [1.29, 1.82) is 0 Å². The van der Waals surface area contributed by atoms with E-state index in [0.717, 1.165) is 0 Å². The topological polar surface area (TPSA) is 59.0 Å². The molecule has 0 aromatic rings. The number of likely N-dealkylation sites (tertiary alicyclic amines) is 1. The van der Waals surface area contributed by atoms with Crippen molar-refractivity contribution in [3.05, 3.63) is 0 Å². The van der Waals surface area contributed by atoms with E-state index in [9.17, 15) is 9.90 Å². The predicted octanol–water partition coefficient (Wildman–Crippen LogP) is 1.00. The molecule has 5 heteroatoms. The van der Waals surface area contributed by atoms with Gasteiger partial charge in [0.25, 0.3) is 0 Å². The molecule has 0 unspecified atom stereocenters. The fraction of sp³-hybridized carbons (Fsp3) is 0.909. The number of methoxy groups -OCH3 is 1. The molecule has 0 radical (unpaired) electrons. The second-order valence-corrected chi connectivity index (χ2v) is 5.13. The highest BCUT2D eigenvalue weighted by Gasteiger charge is 2.36. The summed E-state index contributed by atoms with van der Waals surface area (Å²) in [5.74, 6) is 0. The maximum absolute atomic E-state index is 11.8. The second-order valence-electron chi connectivity index (χ2n) is 5.13. The lowest BCUT2D eigenvalue weighted by atomic mass is 10.2. The largest absolute Gasteiger partial charge is 0.444 e. The Morgan fingerprint density at radius 3 is 2.62 bits per heavy atom. The van der Waals surface area contributed by atoms with E-state index in [-0.39, 0.29) is 12.1 Å². The number of aliphatic hydroxyl groups excluding tert-OH is 1. The minimum Gasteiger partial charge on any atom is -0.444 e. The third-order valence-corrected chi connectivity index (χ3v) is 2.38. The minimum atomic E-state index is -0.512. The number of hydrogen-bond acceptors (Lipinski definition) is 4. The summed E-state index contributed by atoms with van der Waals surface area (Å²) in [7, 11) is 1.58. The smallest absolute Gasteiger partial charge is 0.410 e. The maximum atomic E-state index is 11.8. The fourth-order valence-corrected chi connectivity index (χ4v) is 1.79. The van der Waals surface area contributed by atoms with E-state index < -0.39 is 11.7 Å². The van der Waals surface area contributed by atoms with Crippen molar-refractivity contribution in [2.24, 2.45) is 0 Å². The molecule has 1 heterocycles. The average molecular weight is 231 g/mol. The molecule has 0 saturated carbocycles. The van der Waals surface area contributed by atoms with Crippen LogP contribution in [0.25, 0.3) is 0 Å². The van der Waals surface area contributed by atoms with Crippen molar-refractivity contribution in [1.82, 2.24) is 4.90 Å². The lowest BCUT2D eigenvalue weighted by Gasteiger charge is -2.28. The van der Waals surface area contributed by atoms with Crippen LogP contribution in [-0.2, 0) is 9.47 Å². The van der Waals surface area contributed by atoms with Crippen LogP contribution in [0.1, 0.15) is 27.2 Å². The van der Waals surface area contributed by atoms with Gasteiger partial charge in [0.05, 0.1) is 25.3 Å². The second kappa shape index (κ2) is 5.01. The Morgan fingerprint density at radius 2 is 2.12 bits per heavy atom. The van der Waals surface area contributed by atoms with Crippen molar-refractivity contribution in [3.63, 3.8) is 0 Å². The molecule has 1 saturated heterocycles. The number of amides is 1. The summed E-state index contributed by atoms with van der Waals surface area (Å²) in [5.41, 5.74) is -0.512. The van der Waals surface area contributed by atoms with Crippen LogP contribution in [0, 0.1) is 0 Å². The van der Waals surface area contributed by atoms with E-state index in [1.807, 2.05) is 20.8 Å². The van der Waals surface area contributed by atoms with Gasteiger partial charge in [-0.05, 0) is 27.2 Å². The first-order valence-electron chi connectivity index (χ1n) is 5.50. The summed E-state index contributed by atoms with van der Waals surface area (Å²) in [4.78, 5) is 13.4. The quantitative estimate of drug-likeness (QED) is 0.770. The zero-order valence-corrected chi connectivity index (χ0v) is 10.4. The van der Waals surface area contributed by atoms with Gasteiger partial charge in [-0.25, -0.2) is 4.79 Å². The normalized spacial score (nSPS) is 25.9. The van der Waals surface area contributed by atoms with Crippen molar-refractivity contribution in [2.75, 3.05) is 20.3 Å². The molecule has 0 spiro atoms. The van der Waals surface area contributed by atoms with Crippen molar-refractivity contribution in [2.45, 2.75) is 44.9 Å². The number of ether oxygens (including phenoxy) is 2. The molecular formula is C11H21NO4. The van der Waals surface area contributed by atoms with E-state index in [1.54, 1.807) is 12.0 Å². The molecule has 0 bridgehead atoms. The van der Waals surface area contributed by atoms with Crippen LogP contribution in [0.5, 0.6) is 0 Å². The molecule has 1 fully saturated rings.